The number of carbonyl (C=O) groups is 2. The molecule has 13 heteroatoms. The molecule has 3 aliphatic carbocycles. The summed E-state index contributed by atoms with van der Waals surface area (Å²) in [6, 6.07) is 6.45. The van der Waals surface area contributed by atoms with Gasteiger partial charge in [0.1, 0.15) is 6.04 Å². The van der Waals surface area contributed by atoms with E-state index in [-0.39, 0.29) is 48.2 Å². The Balaban J connectivity index is 1.48. The number of rotatable bonds is 13. The van der Waals surface area contributed by atoms with Crippen LogP contribution in [-0.4, -0.2) is 60.2 Å². The monoisotopic (exact) mass is 612 g/mol. The highest BCUT2D eigenvalue weighted by Gasteiger charge is 2.68. The summed E-state index contributed by atoms with van der Waals surface area (Å²) in [6.45, 7) is 15.2. The van der Waals surface area contributed by atoms with Crippen LogP contribution in [0.15, 0.2) is 29.3 Å². The Morgan fingerprint density at radius 2 is 1.82 bits per heavy atom. The van der Waals surface area contributed by atoms with E-state index in [0.717, 1.165) is 18.4 Å². The van der Waals surface area contributed by atoms with Gasteiger partial charge in [-0.15, -0.1) is 0 Å². The van der Waals surface area contributed by atoms with Gasteiger partial charge in [0.15, 0.2) is 5.03 Å². The number of nitrogens with zero attached hydrogens (tertiary/aromatic N) is 2. The number of guanidine groups is 1. The van der Waals surface area contributed by atoms with Crippen LogP contribution in [0.25, 0.3) is 0 Å². The zero-order valence-corrected chi connectivity index (χ0v) is 27.1. The lowest BCUT2D eigenvalue weighted by atomic mass is 9.43. The number of aliphatic imine (C=N–C) groups is 1. The summed E-state index contributed by atoms with van der Waals surface area (Å²) in [5, 5.41) is 15.9. The molecule has 1 aromatic rings. The molecule has 6 atom stereocenters. The maximum atomic E-state index is 13.8. The molecule has 2 amide bonds. The van der Waals surface area contributed by atoms with Crippen molar-refractivity contribution in [2.75, 3.05) is 6.54 Å². The van der Waals surface area contributed by atoms with E-state index in [2.05, 4.69) is 64.1 Å². The third kappa shape index (κ3) is 7.36. The van der Waals surface area contributed by atoms with Crippen LogP contribution in [0.4, 0.5) is 0 Å². The van der Waals surface area contributed by atoms with Gasteiger partial charge in [-0.2, -0.15) is 0 Å². The average Bonchev–Trinajstić information content (AvgIpc) is 3.30. The molecule has 0 aromatic heterocycles. The number of nitro groups is 1. The molecular formula is C31H49BN6O6. The van der Waals surface area contributed by atoms with Crippen LogP contribution < -0.4 is 21.8 Å². The Hall–Kier alpha value is -3.19. The zero-order chi connectivity index (χ0) is 32.4. The van der Waals surface area contributed by atoms with E-state index in [1.165, 1.54) is 0 Å². The number of carbonyl (C=O) groups excluding carboxylic acids is 2. The molecule has 1 aromatic carbocycles. The number of nitrogens with two attached hydrogens (primary N) is 1. The molecule has 5 rings (SSSR count). The van der Waals surface area contributed by atoms with E-state index in [4.69, 9.17) is 15.0 Å². The summed E-state index contributed by atoms with van der Waals surface area (Å²) in [6.07, 6.45) is 3.30. The van der Waals surface area contributed by atoms with Crippen molar-refractivity contribution in [2.24, 2.45) is 33.9 Å². The number of amides is 2. The Morgan fingerprint density at radius 1 is 1.14 bits per heavy atom. The maximum absolute atomic E-state index is 13.8. The van der Waals surface area contributed by atoms with E-state index < -0.39 is 29.7 Å². The molecule has 1 heterocycles. The van der Waals surface area contributed by atoms with E-state index in [1.807, 2.05) is 12.1 Å². The van der Waals surface area contributed by atoms with E-state index in [1.54, 1.807) is 17.6 Å². The first-order valence-electron chi connectivity index (χ1n) is 15.9. The van der Waals surface area contributed by atoms with Gasteiger partial charge in [-0.25, -0.2) is 15.1 Å². The standard InChI is InChI=1S/C31H49BN6O6/c1-18(2)15-26(32-43-25-17-22-16-24(30(22,5)6)31(25,7)44-32)36-28(40)23(9-8-14-34-29(33)37-38(41)42)35-27(39)21-12-10-20(11-13-21)19(3)4/h10-13,18-19,22-26H,8-9,14-17H2,1-7H3,(H,35,39)(H,36,40)(H3,33,34,37)/t22-,23+,24-,25-,26+,31+/m1/s1. The molecular weight excluding hydrogens is 563 g/mol. The fourth-order valence-corrected chi connectivity index (χ4v) is 7.25. The van der Waals surface area contributed by atoms with Crippen LogP contribution in [0, 0.1) is 33.3 Å². The van der Waals surface area contributed by atoms with Crippen LogP contribution in [0.1, 0.15) is 102 Å². The molecule has 44 heavy (non-hydrogen) atoms. The summed E-state index contributed by atoms with van der Waals surface area (Å²) in [5.74, 6) is 0.134. The van der Waals surface area contributed by atoms with Crippen LogP contribution in [0.3, 0.4) is 0 Å². The molecule has 2 bridgehead atoms. The fourth-order valence-electron chi connectivity index (χ4n) is 7.25. The number of nitrogens with one attached hydrogen (secondary N) is 3. The Bertz CT molecular complexity index is 1240. The third-order valence-electron chi connectivity index (χ3n) is 9.95. The molecule has 0 unspecified atom stereocenters. The van der Waals surface area contributed by atoms with E-state index in [0.29, 0.717) is 36.2 Å². The topological polar surface area (TPSA) is 170 Å². The van der Waals surface area contributed by atoms with Gasteiger partial charge in [0.25, 0.3) is 11.9 Å². The van der Waals surface area contributed by atoms with Gasteiger partial charge in [0, 0.05) is 12.1 Å². The summed E-state index contributed by atoms with van der Waals surface area (Å²) in [5.41, 5.74) is 8.69. The summed E-state index contributed by atoms with van der Waals surface area (Å²) in [4.78, 5) is 41.7. The van der Waals surface area contributed by atoms with Crippen molar-refractivity contribution in [3.8, 4) is 0 Å². The first kappa shape index (κ1) is 33.7. The van der Waals surface area contributed by atoms with Crippen molar-refractivity contribution in [1.82, 2.24) is 16.1 Å². The highest BCUT2D eigenvalue weighted by Crippen LogP contribution is 2.65. The molecule has 4 fully saturated rings. The molecule has 12 nitrogen and oxygen atoms in total. The molecule has 1 aliphatic heterocycles. The molecule has 4 aliphatic rings. The van der Waals surface area contributed by atoms with E-state index in [9.17, 15) is 19.7 Å². The summed E-state index contributed by atoms with van der Waals surface area (Å²) in [7, 11) is -0.593. The molecule has 0 radical (unpaired) electrons. The van der Waals surface area contributed by atoms with Crippen molar-refractivity contribution >= 4 is 24.9 Å². The van der Waals surface area contributed by atoms with Crippen LogP contribution >= 0.6 is 0 Å². The Kier molecular flexibility index (Phi) is 10.3. The van der Waals surface area contributed by atoms with Gasteiger partial charge < -0.3 is 25.7 Å². The SMILES string of the molecule is CC(C)C[C@H](NC(=O)[C@H](CCCN=C(N)N[N+](=O)[O-])NC(=O)c1ccc(C(C)C)cc1)B1O[C@@H]2C[C@H]3C[C@H](C3(C)C)[C@]2(C)O1. The van der Waals surface area contributed by atoms with Gasteiger partial charge in [-0.3, -0.25) is 9.59 Å². The molecule has 1 saturated heterocycles. The third-order valence-corrected chi connectivity index (χ3v) is 9.95. The maximum Gasteiger partial charge on any atom is 0.481 e. The first-order valence-corrected chi connectivity index (χ1v) is 15.9. The second-order valence-corrected chi connectivity index (χ2v) is 14.2. The summed E-state index contributed by atoms with van der Waals surface area (Å²) < 4.78 is 13.2. The van der Waals surface area contributed by atoms with Gasteiger partial charge >= 0.3 is 7.12 Å². The van der Waals surface area contributed by atoms with Gasteiger partial charge in [-0.1, -0.05) is 59.1 Å². The predicted molar refractivity (Wildman–Crippen MR) is 169 cm³/mol. The number of hydrogen-bond acceptors (Lipinski definition) is 7. The highest BCUT2D eigenvalue weighted by molar-refractivity contribution is 6.48. The second kappa shape index (κ2) is 13.4. The molecule has 242 valence electrons. The van der Waals surface area contributed by atoms with Crippen molar-refractivity contribution < 1.29 is 23.9 Å². The number of benzene rings is 1. The largest absolute Gasteiger partial charge is 0.481 e. The Labute approximate surface area is 260 Å². The van der Waals surface area contributed by atoms with Gasteiger partial charge in [-0.05, 0) is 85.8 Å². The molecule has 3 saturated carbocycles. The lowest BCUT2D eigenvalue weighted by Gasteiger charge is -2.64. The Morgan fingerprint density at radius 3 is 2.41 bits per heavy atom. The number of hydrazine groups is 1. The van der Waals surface area contributed by atoms with Crippen molar-refractivity contribution in [3.63, 3.8) is 0 Å². The minimum absolute atomic E-state index is 0.0174. The van der Waals surface area contributed by atoms with Crippen molar-refractivity contribution in [1.29, 1.82) is 0 Å². The quantitative estimate of drug-likeness (QED) is 0.0654. The van der Waals surface area contributed by atoms with Gasteiger partial charge in [0.2, 0.25) is 5.91 Å². The zero-order valence-electron chi connectivity index (χ0n) is 27.1. The molecule has 0 spiro atoms. The van der Waals surface area contributed by atoms with Crippen LogP contribution in [-0.2, 0) is 14.1 Å². The minimum atomic E-state index is -0.882. The second-order valence-electron chi connectivity index (χ2n) is 14.2. The predicted octanol–water partition coefficient (Wildman–Crippen LogP) is 3.58. The van der Waals surface area contributed by atoms with Gasteiger partial charge in [0.05, 0.1) is 17.6 Å². The number of hydrogen-bond donors (Lipinski definition) is 4. The van der Waals surface area contributed by atoms with Crippen LogP contribution in [0.2, 0.25) is 0 Å². The fraction of sp³-hybridized carbons (Fsp3) is 0.710. The average molecular weight is 613 g/mol. The molecule has 5 N–H and O–H groups in total. The first-order chi connectivity index (χ1) is 20.6. The highest BCUT2D eigenvalue weighted by atomic mass is 16.7. The van der Waals surface area contributed by atoms with E-state index >= 15 is 0 Å². The van der Waals surface area contributed by atoms with Crippen molar-refractivity contribution in [2.45, 2.75) is 110 Å². The minimum Gasteiger partial charge on any atom is -0.404 e. The smallest absolute Gasteiger partial charge is 0.404 e. The summed E-state index contributed by atoms with van der Waals surface area (Å²) >= 11 is 0. The van der Waals surface area contributed by atoms with Crippen molar-refractivity contribution in [3.05, 3.63) is 45.5 Å². The lowest BCUT2D eigenvalue weighted by Crippen LogP contribution is -2.65. The normalized spacial score (nSPS) is 26.9. The lowest BCUT2D eigenvalue weighted by molar-refractivity contribution is -0.525. The van der Waals surface area contributed by atoms with Crippen LogP contribution in [0.5, 0.6) is 0 Å².